The first-order chi connectivity index (χ1) is 10.1. The molecule has 1 N–H and O–H groups in total. The van der Waals surface area contributed by atoms with Crippen molar-refractivity contribution < 1.29 is 14.3 Å². The van der Waals surface area contributed by atoms with Crippen LogP contribution in [-0.4, -0.2) is 49.8 Å². The van der Waals surface area contributed by atoms with Crippen molar-refractivity contribution in [1.29, 1.82) is 0 Å². The van der Waals surface area contributed by atoms with E-state index in [0.29, 0.717) is 6.42 Å². The fraction of sp³-hybridized carbons (Fsp3) is 0.562. The highest BCUT2D eigenvalue weighted by atomic mass is 16.5. The third-order valence-corrected chi connectivity index (χ3v) is 3.52. The van der Waals surface area contributed by atoms with Gasteiger partial charge in [-0.1, -0.05) is 0 Å². The largest absolute Gasteiger partial charge is 0.497 e. The number of morpholine rings is 1. The Kier molecular flexibility index (Phi) is 5.59. The van der Waals surface area contributed by atoms with E-state index < -0.39 is 0 Å². The van der Waals surface area contributed by atoms with Crippen molar-refractivity contribution in [2.75, 3.05) is 32.1 Å². The lowest BCUT2D eigenvalue weighted by Crippen LogP contribution is -2.46. The molecular weight excluding hydrogens is 268 g/mol. The number of nitrogens with one attached hydrogen (secondary N) is 1. The minimum atomic E-state index is 0.0342. The first-order valence-corrected chi connectivity index (χ1v) is 7.38. The van der Waals surface area contributed by atoms with E-state index in [1.165, 1.54) is 0 Å². The topological polar surface area (TPSA) is 50.8 Å². The van der Waals surface area contributed by atoms with Gasteiger partial charge in [-0.05, 0) is 38.1 Å². The highest BCUT2D eigenvalue weighted by Crippen LogP contribution is 2.15. The Morgan fingerprint density at radius 1 is 1.29 bits per heavy atom. The molecule has 1 aliphatic heterocycles. The maximum atomic E-state index is 12.0. The molecule has 1 aliphatic rings. The van der Waals surface area contributed by atoms with Gasteiger partial charge in [0.1, 0.15) is 5.75 Å². The van der Waals surface area contributed by atoms with Crippen molar-refractivity contribution in [2.45, 2.75) is 32.5 Å². The number of hydrogen-bond donors (Lipinski definition) is 1. The predicted molar refractivity (Wildman–Crippen MR) is 82.7 cm³/mol. The van der Waals surface area contributed by atoms with E-state index in [4.69, 9.17) is 9.47 Å². The highest BCUT2D eigenvalue weighted by Gasteiger charge is 2.22. The number of ether oxygens (including phenoxy) is 2. The second kappa shape index (κ2) is 7.43. The van der Waals surface area contributed by atoms with Gasteiger partial charge < -0.3 is 14.8 Å². The Morgan fingerprint density at radius 3 is 2.48 bits per heavy atom. The standard InChI is InChI=1S/C16H24N2O3/c1-12-10-18(11-13(2)21-12)9-8-16(19)17-14-4-6-15(20-3)7-5-14/h4-7,12-13H,8-11H2,1-3H3,(H,17,19). The molecule has 0 aliphatic carbocycles. The minimum Gasteiger partial charge on any atom is -0.497 e. The van der Waals surface area contributed by atoms with Gasteiger partial charge in [-0.15, -0.1) is 0 Å². The summed E-state index contributed by atoms with van der Waals surface area (Å²) >= 11 is 0. The molecule has 0 saturated carbocycles. The molecule has 2 rings (SSSR count). The molecule has 0 spiro atoms. The van der Waals surface area contributed by atoms with Crippen molar-refractivity contribution in [2.24, 2.45) is 0 Å². The van der Waals surface area contributed by atoms with Crippen LogP contribution >= 0.6 is 0 Å². The minimum absolute atomic E-state index is 0.0342. The second-order valence-corrected chi connectivity index (χ2v) is 5.54. The van der Waals surface area contributed by atoms with Crippen LogP contribution in [0.1, 0.15) is 20.3 Å². The van der Waals surface area contributed by atoms with Crippen LogP contribution in [0.4, 0.5) is 5.69 Å². The van der Waals surface area contributed by atoms with Gasteiger partial charge in [-0.25, -0.2) is 0 Å². The van der Waals surface area contributed by atoms with Gasteiger partial charge in [0.05, 0.1) is 19.3 Å². The van der Waals surface area contributed by atoms with Crippen molar-refractivity contribution >= 4 is 11.6 Å². The number of anilines is 1. The molecule has 0 bridgehead atoms. The molecule has 21 heavy (non-hydrogen) atoms. The van der Waals surface area contributed by atoms with Crippen LogP contribution in [-0.2, 0) is 9.53 Å². The summed E-state index contributed by atoms with van der Waals surface area (Å²) < 4.78 is 10.8. The molecule has 2 unspecified atom stereocenters. The third-order valence-electron chi connectivity index (χ3n) is 3.52. The van der Waals surface area contributed by atoms with Crippen molar-refractivity contribution in [3.8, 4) is 5.75 Å². The van der Waals surface area contributed by atoms with Gasteiger partial charge in [0, 0.05) is 31.7 Å². The van der Waals surface area contributed by atoms with Gasteiger partial charge in [0.15, 0.2) is 0 Å². The molecule has 1 saturated heterocycles. The first kappa shape index (κ1) is 15.8. The smallest absolute Gasteiger partial charge is 0.225 e. The fourth-order valence-corrected chi connectivity index (χ4v) is 2.62. The third kappa shape index (κ3) is 5.02. The van der Waals surface area contributed by atoms with Crippen LogP contribution in [0.5, 0.6) is 5.75 Å². The zero-order valence-corrected chi connectivity index (χ0v) is 13.0. The normalized spacial score (nSPS) is 22.8. The van der Waals surface area contributed by atoms with Crippen LogP contribution in [0.25, 0.3) is 0 Å². The summed E-state index contributed by atoms with van der Waals surface area (Å²) in [4.78, 5) is 14.3. The molecule has 5 nitrogen and oxygen atoms in total. The lowest BCUT2D eigenvalue weighted by atomic mass is 10.2. The number of amides is 1. The zero-order valence-electron chi connectivity index (χ0n) is 13.0. The van der Waals surface area contributed by atoms with Crippen molar-refractivity contribution in [1.82, 2.24) is 4.90 Å². The second-order valence-electron chi connectivity index (χ2n) is 5.54. The number of nitrogens with zero attached hydrogens (tertiary/aromatic N) is 1. The summed E-state index contributed by atoms with van der Waals surface area (Å²) in [6.45, 7) is 6.68. The van der Waals surface area contributed by atoms with E-state index in [1.54, 1.807) is 7.11 Å². The Labute approximate surface area is 126 Å². The molecule has 1 heterocycles. The molecule has 1 amide bonds. The van der Waals surface area contributed by atoms with E-state index in [9.17, 15) is 4.79 Å². The molecule has 1 aromatic rings. The first-order valence-electron chi connectivity index (χ1n) is 7.38. The Bertz CT molecular complexity index is 451. The number of carbonyl (C=O) groups excluding carboxylic acids is 1. The number of carbonyl (C=O) groups is 1. The van der Waals surface area contributed by atoms with E-state index in [2.05, 4.69) is 24.1 Å². The van der Waals surface area contributed by atoms with E-state index in [-0.39, 0.29) is 18.1 Å². The molecule has 116 valence electrons. The summed E-state index contributed by atoms with van der Waals surface area (Å²) in [6, 6.07) is 7.35. The number of hydrogen-bond acceptors (Lipinski definition) is 4. The molecule has 0 aromatic heterocycles. The van der Waals surface area contributed by atoms with Gasteiger partial charge in [-0.2, -0.15) is 0 Å². The van der Waals surface area contributed by atoms with Crippen molar-refractivity contribution in [3.63, 3.8) is 0 Å². The molecule has 1 aromatic carbocycles. The molecule has 0 radical (unpaired) electrons. The number of rotatable bonds is 5. The molecule has 1 fully saturated rings. The summed E-state index contributed by atoms with van der Waals surface area (Å²) in [6.07, 6.45) is 0.961. The maximum absolute atomic E-state index is 12.0. The maximum Gasteiger partial charge on any atom is 0.225 e. The van der Waals surface area contributed by atoms with Crippen LogP contribution in [0, 0.1) is 0 Å². The van der Waals surface area contributed by atoms with Gasteiger partial charge in [0.25, 0.3) is 0 Å². The summed E-state index contributed by atoms with van der Waals surface area (Å²) in [5, 5.41) is 2.90. The average molecular weight is 292 g/mol. The van der Waals surface area contributed by atoms with Gasteiger partial charge in [0.2, 0.25) is 5.91 Å². The molecule has 5 heteroatoms. The number of benzene rings is 1. The Hall–Kier alpha value is -1.59. The highest BCUT2D eigenvalue weighted by molar-refractivity contribution is 5.90. The van der Waals surface area contributed by atoms with Gasteiger partial charge in [-0.3, -0.25) is 9.69 Å². The summed E-state index contributed by atoms with van der Waals surface area (Å²) in [5.74, 6) is 0.816. The average Bonchev–Trinajstić information content (AvgIpc) is 2.45. The Morgan fingerprint density at radius 2 is 1.90 bits per heavy atom. The lowest BCUT2D eigenvalue weighted by molar-refractivity contribution is -0.117. The van der Waals surface area contributed by atoms with Crippen LogP contribution in [0.2, 0.25) is 0 Å². The lowest BCUT2D eigenvalue weighted by Gasteiger charge is -2.35. The predicted octanol–water partition coefficient (Wildman–Crippen LogP) is 2.13. The van der Waals surface area contributed by atoms with Crippen LogP contribution < -0.4 is 10.1 Å². The van der Waals surface area contributed by atoms with E-state index in [0.717, 1.165) is 31.1 Å². The Balaban J connectivity index is 1.76. The quantitative estimate of drug-likeness (QED) is 0.903. The van der Waals surface area contributed by atoms with Crippen molar-refractivity contribution in [3.05, 3.63) is 24.3 Å². The molecule has 2 atom stereocenters. The zero-order chi connectivity index (χ0) is 15.2. The van der Waals surface area contributed by atoms with Gasteiger partial charge >= 0.3 is 0 Å². The SMILES string of the molecule is COc1ccc(NC(=O)CCN2CC(C)OC(C)C2)cc1. The summed E-state index contributed by atoms with van der Waals surface area (Å²) in [5.41, 5.74) is 0.796. The van der Waals surface area contributed by atoms with Crippen LogP contribution in [0.3, 0.4) is 0 Å². The number of methoxy groups -OCH3 is 1. The fourth-order valence-electron chi connectivity index (χ4n) is 2.62. The van der Waals surface area contributed by atoms with E-state index in [1.807, 2.05) is 24.3 Å². The van der Waals surface area contributed by atoms with E-state index >= 15 is 0 Å². The summed E-state index contributed by atoms with van der Waals surface area (Å²) in [7, 11) is 1.62. The van der Waals surface area contributed by atoms with Crippen LogP contribution in [0.15, 0.2) is 24.3 Å². The molecular formula is C16H24N2O3. The monoisotopic (exact) mass is 292 g/mol.